The minimum Gasteiger partial charge on any atom is -0.359 e. The first-order valence-electron chi connectivity index (χ1n) is 15.6. The molecule has 0 radical (unpaired) electrons. The molecule has 2 heterocycles. The van der Waals surface area contributed by atoms with Crippen molar-refractivity contribution in [1.82, 2.24) is 0 Å². The second-order valence-corrected chi connectivity index (χ2v) is 13.7. The van der Waals surface area contributed by atoms with Gasteiger partial charge in [0.1, 0.15) is 18.6 Å². The Hall–Kier alpha value is -3.36. The number of quaternary nitrogens is 1. The summed E-state index contributed by atoms with van der Waals surface area (Å²) in [5.41, 5.74) is -1.60. The van der Waals surface area contributed by atoms with E-state index in [0.29, 0.717) is 24.2 Å². The van der Waals surface area contributed by atoms with Crippen LogP contribution in [0.2, 0.25) is 0 Å². The summed E-state index contributed by atoms with van der Waals surface area (Å²) in [6, 6.07) is 26.3. The lowest BCUT2D eigenvalue weighted by Gasteiger charge is -2.43. The van der Waals surface area contributed by atoms with Gasteiger partial charge in [-0.2, -0.15) is 26.3 Å². The van der Waals surface area contributed by atoms with E-state index in [1.165, 1.54) is 0 Å². The monoisotopic (exact) mass is 624 g/mol. The summed E-state index contributed by atoms with van der Waals surface area (Å²) in [5, 5.41) is 2.13. The fourth-order valence-corrected chi connectivity index (χ4v) is 9.74. The van der Waals surface area contributed by atoms with Crippen molar-refractivity contribution in [1.29, 1.82) is 0 Å². The predicted octanol–water partition coefficient (Wildman–Crippen LogP) is 9.75. The van der Waals surface area contributed by atoms with Gasteiger partial charge in [-0.3, -0.25) is 0 Å². The molecular weight excluding hydrogens is 588 g/mol. The van der Waals surface area contributed by atoms with E-state index in [2.05, 4.69) is 38.1 Å². The van der Waals surface area contributed by atoms with Gasteiger partial charge in [0.2, 0.25) is 0 Å². The van der Waals surface area contributed by atoms with E-state index in [1.54, 1.807) is 0 Å². The topological polar surface area (TPSA) is 9.23 Å². The van der Waals surface area contributed by atoms with Crippen LogP contribution in [-0.2, 0) is 35.8 Å². The summed E-state index contributed by atoms with van der Waals surface area (Å²) in [6.45, 7) is 5.97. The molecule has 45 heavy (non-hydrogen) atoms. The number of alkyl halides is 6. The van der Waals surface area contributed by atoms with Crippen LogP contribution in [0.25, 0.3) is 10.8 Å². The van der Waals surface area contributed by atoms with Crippen molar-refractivity contribution in [3.8, 4) is 0 Å². The normalized spacial score (nSPS) is 31.1. The molecule has 0 spiro atoms. The predicted molar refractivity (Wildman–Crippen MR) is 161 cm³/mol. The van der Waals surface area contributed by atoms with Crippen LogP contribution in [0.1, 0.15) is 54.5 Å². The third-order valence-corrected chi connectivity index (χ3v) is 11.4. The molecular formula is C37H36F6NO+. The van der Waals surface area contributed by atoms with Crippen molar-refractivity contribution in [3.63, 3.8) is 0 Å². The van der Waals surface area contributed by atoms with Gasteiger partial charge in [-0.1, -0.05) is 79.7 Å². The van der Waals surface area contributed by atoms with Gasteiger partial charge in [-0.15, -0.1) is 0 Å². The molecule has 0 amide bonds. The average Bonchev–Trinajstić information content (AvgIpc) is 3.54. The van der Waals surface area contributed by atoms with Gasteiger partial charge in [0, 0.05) is 17.4 Å². The number of halogens is 6. The highest BCUT2D eigenvalue weighted by molar-refractivity contribution is 5.86. The van der Waals surface area contributed by atoms with Crippen LogP contribution in [0.5, 0.6) is 0 Å². The molecule has 0 aromatic heterocycles. The Morgan fingerprint density at radius 2 is 1.42 bits per heavy atom. The lowest BCUT2D eigenvalue weighted by Crippen LogP contribution is -2.57. The first-order valence-corrected chi connectivity index (χ1v) is 15.6. The van der Waals surface area contributed by atoms with E-state index in [0.717, 1.165) is 46.9 Å². The first-order chi connectivity index (χ1) is 21.3. The molecule has 3 fully saturated rings. The Labute approximate surface area is 259 Å². The van der Waals surface area contributed by atoms with E-state index in [-0.39, 0.29) is 35.9 Å². The highest BCUT2D eigenvalue weighted by atomic mass is 19.4. The maximum Gasteiger partial charge on any atom is 0.416 e. The fourth-order valence-electron chi connectivity index (χ4n) is 9.74. The quantitative estimate of drug-likeness (QED) is 0.153. The third kappa shape index (κ3) is 4.70. The summed E-state index contributed by atoms with van der Waals surface area (Å²) >= 11 is 0. The van der Waals surface area contributed by atoms with Gasteiger partial charge in [-0.25, -0.2) is 0 Å². The molecule has 4 aromatic carbocycles. The maximum absolute atomic E-state index is 13.9. The van der Waals surface area contributed by atoms with Crippen molar-refractivity contribution in [3.05, 3.63) is 119 Å². The number of fused-ring (bicyclic) bond motifs is 1. The Morgan fingerprint density at radius 3 is 2.11 bits per heavy atom. The Balaban J connectivity index is 1.41. The molecule has 6 atom stereocenters. The summed E-state index contributed by atoms with van der Waals surface area (Å²) in [4.78, 5) is 0. The third-order valence-electron chi connectivity index (χ3n) is 11.4. The van der Waals surface area contributed by atoms with Crippen molar-refractivity contribution >= 4 is 10.8 Å². The van der Waals surface area contributed by atoms with Crippen LogP contribution < -0.4 is 0 Å². The molecule has 2 aliphatic heterocycles. The van der Waals surface area contributed by atoms with E-state index < -0.39 is 34.6 Å². The Bertz CT molecular complexity index is 1700. The molecule has 0 bridgehead atoms. The Kier molecular flexibility index (Phi) is 6.95. The van der Waals surface area contributed by atoms with Gasteiger partial charge in [0.05, 0.1) is 30.2 Å². The lowest BCUT2D eigenvalue weighted by atomic mass is 9.72. The largest absolute Gasteiger partial charge is 0.416 e. The molecule has 2 saturated heterocycles. The highest BCUT2D eigenvalue weighted by Gasteiger charge is 2.78. The fraction of sp³-hybridized carbons (Fsp3) is 0.405. The van der Waals surface area contributed by atoms with Crippen LogP contribution in [0, 0.1) is 17.8 Å². The summed E-state index contributed by atoms with van der Waals surface area (Å²) < 4.78 is 91.3. The smallest absolute Gasteiger partial charge is 0.359 e. The van der Waals surface area contributed by atoms with Crippen molar-refractivity contribution in [2.24, 2.45) is 17.8 Å². The lowest BCUT2D eigenvalue weighted by molar-refractivity contribution is -0.968. The molecule has 0 N–H and O–H groups in total. The highest BCUT2D eigenvalue weighted by Crippen LogP contribution is 2.68. The zero-order chi connectivity index (χ0) is 31.8. The summed E-state index contributed by atoms with van der Waals surface area (Å²) in [5.74, 6) is 0.558. The van der Waals surface area contributed by atoms with Gasteiger partial charge < -0.3 is 9.22 Å². The first kappa shape index (κ1) is 30.3. The van der Waals surface area contributed by atoms with Crippen LogP contribution in [0.4, 0.5) is 26.3 Å². The molecule has 236 valence electrons. The minimum atomic E-state index is -4.90. The van der Waals surface area contributed by atoms with Crippen molar-refractivity contribution < 1.29 is 35.6 Å². The zero-order valence-corrected chi connectivity index (χ0v) is 25.3. The number of ether oxygens (including phenoxy) is 1. The SMILES string of the molecule is C[C@@H]1C[N@@+]2(Cc3cc(C(F)(F)F)cc(C(F)(F)F)c3)C[C@](OCc3ccccc3)(c3cccc4ccccc34)[C@H]3CC[C@@H]1[C@]32C. The van der Waals surface area contributed by atoms with Crippen LogP contribution in [-0.4, -0.2) is 23.1 Å². The van der Waals surface area contributed by atoms with Crippen LogP contribution >= 0.6 is 0 Å². The molecule has 8 heteroatoms. The minimum absolute atomic E-state index is 0.0161. The van der Waals surface area contributed by atoms with E-state index in [1.807, 2.05) is 48.5 Å². The van der Waals surface area contributed by atoms with Crippen molar-refractivity contribution in [2.45, 2.75) is 63.3 Å². The summed E-state index contributed by atoms with van der Waals surface area (Å²) in [6.07, 6.45) is -7.97. The molecule has 7 rings (SSSR count). The molecule has 3 aliphatic rings. The number of hydrogen-bond donors (Lipinski definition) is 0. The van der Waals surface area contributed by atoms with Gasteiger partial charge in [0.25, 0.3) is 0 Å². The molecule has 0 unspecified atom stereocenters. The maximum atomic E-state index is 13.9. The number of hydrogen-bond acceptors (Lipinski definition) is 1. The zero-order valence-electron chi connectivity index (χ0n) is 25.3. The van der Waals surface area contributed by atoms with Gasteiger partial charge in [0.15, 0.2) is 5.60 Å². The molecule has 1 aliphatic carbocycles. The molecule has 2 nitrogen and oxygen atoms in total. The number of benzene rings is 4. The van der Waals surface area contributed by atoms with Crippen LogP contribution in [0.15, 0.2) is 91.0 Å². The molecule has 1 saturated carbocycles. The van der Waals surface area contributed by atoms with E-state index in [9.17, 15) is 26.3 Å². The second-order valence-electron chi connectivity index (χ2n) is 13.7. The average molecular weight is 625 g/mol. The van der Waals surface area contributed by atoms with Gasteiger partial charge in [-0.05, 0) is 59.9 Å². The second kappa shape index (κ2) is 10.3. The summed E-state index contributed by atoms with van der Waals surface area (Å²) in [7, 11) is 0. The van der Waals surface area contributed by atoms with E-state index in [4.69, 9.17) is 4.74 Å². The van der Waals surface area contributed by atoms with E-state index >= 15 is 0 Å². The number of rotatable bonds is 6. The molecule has 4 aromatic rings. The Morgan fingerprint density at radius 1 is 0.778 bits per heavy atom. The van der Waals surface area contributed by atoms with Crippen LogP contribution in [0.3, 0.4) is 0 Å². The number of nitrogens with zero attached hydrogens (tertiary/aromatic N) is 1. The standard InChI is InChI=1S/C37H36F6NO/c1-24-20-44(21-26-17-28(36(38,39)40)19-29(18-26)37(41,42)43)23-35(33-16-15-31(24)34(33,44)2,45-22-25-9-4-3-5-10-25)32-14-8-12-27-11-6-7-13-30(27)32/h3-14,17-19,24,31,33H,15-16,20-23H2,1-2H3/q+1/t24-,31+,33+,34-,35+,44-/m1/s1. The van der Waals surface area contributed by atoms with Crippen molar-refractivity contribution in [2.75, 3.05) is 13.1 Å². The van der Waals surface area contributed by atoms with Gasteiger partial charge >= 0.3 is 12.4 Å².